The quantitative estimate of drug-likeness (QED) is 0.469. The van der Waals surface area contributed by atoms with Gasteiger partial charge in [-0.05, 0) is 0 Å². The van der Waals surface area contributed by atoms with Gasteiger partial charge in [-0.15, -0.1) is 0 Å². The molecule has 1 rings (SSSR count). The first-order chi connectivity index (χ1) is 5.77. The van der Waals surface area contributed by atoms with Crippen molar-refractivity contribution in [3.8, 4) is 0 Å². The van der Waals surface area contributed by atoms with Gasteiger partial charge in [0, 0.05) is 17.9 Å². The highest BCUT2D eigenvalue weighted by Crippen LogP contribution is 1.89. The van der Waals surface area contributed by atoms with Gasteiger partial charge in [-0.3, -0.25) is 0 Å². The van der Waals surface area contributed by atoms with Gasteiger partial charge in [-0.2, -0.15) is 9.81 Å². The van der Waals surface area contributed by atoms with Crippen molar-refractivity contribution >= 4 is 18.4 Å². The number of nitrogens with zero attached hydrogens (tertiary/aromatic N) is 4. The smallest absolute Gasteiger partial charge is 0.368 e. The predicted octanol–water partition coefficient (Wildman–Crippen LogP) is -0.713. The van der Waals surface area contributed by atoms with Crippen molar-refractivity contribution in [1.29, 1.82) is 0 Å². The molecule has 12 heavy (non-hydrogen) atoms. The molecule has 7 nitrogen and oxygen atoms in total. The highest BCUT2D eigenvalue weighted by Gasteiger charge is 2.21. The van der Waals surface area contributed by atoms with Crippen molar-refractivity contribution in [2.75, 3.05) is 5.73 Å². The normalized spacial score (nSPS) is 9.00. The van der Waals surface area contributed by atoms with Gasteiger partial charge < -0.3 is 5.73 Å². The SMILES string of the molecule is Nc1ncc(B(N=O)N=O)cn1. The lowest BCUT2D eigenvalue weighted by atomic mass is 9.73. The number of nitrogens with two attached hydrogens (primary N) is 1. The minimum absolute atomic E-state index is 0.0642. The van der Waals surface area contributed by atoms with E-state index in [9.17, 15) is 9.81 Å². The second-order valence-electron chi connectivity index (χ2n) is 1.96. The minimum Gasteiger partial charge on any atom is -0.368 e. The number of nitroso groups, excluding NO2 is 2. The molecule has 2 N–H and O–H groups in total. The van der Waals surface area contributed by atoms with E-state index >= 15 is 0 Å². The van der Waals surface area contributed by atoms with Crippen LogP contribution in [0.4, 0.5) is 5.95 Å². The summed E-state index contributed by atoms with van der Waals surface area (Å²) in [6.45, 7) is -1.29. The second-order valence-corrected chi connectivity index (χ2v) is 1.96. The standard InChI is InChI=1S/C4H4BN5O2/c6-4-7-1-3(2-8-4)5(9-11)10-12/h1-2H,(H2,6,7,8). The Morgan fingerprint density at radius 3 is 2.17 bits per heavy atom. The molecule has 0 aliphatic heterocycles. The third-order valence-corrected chi connectivity index (χ3v) is 1.19. The van der Waals surface area contributed by atoms with Crippen LogP contribution in [-0.4, -0.2) is 17.0 Å². The number of hydrogen-bond acceptors (Lipinski definition) is 7. The molecule has 0 saturated heterocycles. The van der Waals surface area contributed by atoms with Crippen LogP contribution in [0, 0.1) is 9.81 Å². The van der Waals surface area contributed by atoms with Crippen LogP contribution in [0.2, 0.25) is 0 Å². The van der Waals surface area contributed by atoms with E-state index in [-0.39, 0.29) is 11.4 Å². The highest BCUT2D eigenvalue weighted by molar-refractivity contribution is 6.69. The Morgan fingerprint density at radius 1 is 1.25 bits per heavy atom. The molecule has 1 aromatic heterocycles. The van der Waals surface area contributed by atoms with Gasteiger partial charge in [-0.1, -0.05) is 10.2 Å². The topological polar surface area (TPSA) is 111 Å². The van der Waals surface area contributed by atoms with Crippen LogP contribution < -0.4 is 11.2 Å². The Morgan fingerprint density at radius 2 is 1.75 bits per heavy atom. The van der Waals surface area contributed by atoms with E-state index in [0.29, 0.717) is 0 Å². The van der Waals surface area contributed by atoms with E-state index in [4.69, 9.17) is 5.73 Å². The lowest BCUT2D eigenvalue weighted by Crippen LogP contribution is -2.26. The lowest BCUT2D eigenvalue weighted by Gasteiger charge is -1.94. The van der Waals surface area contributed by atoms with E-state index in [2.05, 4.69) is 20.1 Å². The number of rotatable bonds is 3. The Labute approximate surface area is 67.5 Å². The summed E-state index contributed by atoms with van der Waals surface area (Å²) in [7, 11) is 0. The molecule has 0 fully saturated rings. The molecule has 0 aliphatic carbocycles. The zero-order chi connectivity index (χ0) is 8.97. The van der Waals surface area contributed by atoms with E-state index in [1.807, 2.05) is 0 Å². The van der Waals surface area contributed by atoms with Crippen LogP contribution in [0.15, 0.2) is 22.6 Å². The number of nitrogen functional groups attached to an aromatic ring is 1. The molecule has 0 amide bonds. The molecule has 0 spiro atoms. The van der Waals surface area contributed by atoms with Crippen molar-refractivity contribution < 1.29 is 0 Å². The molecule has 0 atom stereocenters. The molecule has 0 unspecified atom stereocenters. The van der Waals surface area contributed by atoms with E-state index in [0.717, 1.165) is 0 Å². The van der Waals surface area contributed by atoms with E-state index in [1.54, 1.807) is 0 Å². The molecular weight excluding hydrogens is 161 g/mol. The van der Waals surface area contributed by atoms with Crippen molar-refractivity contribution in [3.05, 3.63) is 22.2 Å². The number of hydrogen-bond donors (Lipinski definition) is 1. The van der Waals surface area contributed by atoms with E-state index in [1.165, 1.54) is 12.4 Å². The van der Waals surface area contributed by atoms with Gasteiger partial charge in [0.2, 0.25) is 5.95 Å². The molecule has 0 aliphatic rings. The Kier molecular flexibility index (Phi) is 2.41. The summed E-state index contributed by atoms with van der Waals surface area (Å²) in [5.41, 5.74) is 5.40. The zero-order valence-corrected chi connectivity index (χ0v) is 5.91. The maximum Gasteiger partial charge on any atom is 0.551 e. The average molecular weight is 165 g/mol. The largest absolute Gasteiger partial charge is 0.551 e. The third kappa shape index (κ3) is 1.60. The number of aromatic nitrogens is 2. The molecule has 0 bridgehead atoms. The first-order valence-corrected chi connectivity index (χ1v) is 3.00. The molecule has 0 radical (unpaired) electrons. The van der Waals surface area contributed by atoms with Gasteiger partial charge in [0.1, 0.15) is 0 Å². The van der Waals surface area contributed by atoms with Crippen LogP contribution in [0.25, 0.3) is 0 Å². The van der Waals surface area contributed by atoms with Gasteiger partial charge >= 0.3 is 6.98 Å². The summed E-state index contributed by atoms with van der Waals surface area (Å²) < 4.78 is 0. The Balaban J connectivity index is 2.94. The summed E-state index contributed by atoms with van der Waals surface area (Å²) in [6, 6.07) is 0. The zero-order valence-electron chi connectivity index (χ0n) is 5.91. The van der Waals surface area contributed by atoms with Crippen molar-refractivity contribution in [3.63, 3.8) is 0 Å². The third-order valence-electron chi connectivity index (χ3n) is 1.19. The maximum atomic E-state index is 9.99. The van der Waals surface area contributed by atoms with Gasteiger partial charge in [0.25, 0.3) is 0 Å². The van der Waals surface area contributed by atoms with Crippen LogP contribution in [0.3, 0.4) is 0 Å². The molecule has 0 saturated carbocycles. The molecule has 1 aromatic rings. The fraction of sp³-hybridized carbons (Fsp3) is 0. The fourth-order valence-corrected chi connectivity index (χ4v) is 0.622. The van der Waals surface area contributed by atoms with Crippen LogP contribution in [0.5, 0.6) is 0 Å². The van der Waals surface area contributed by atoms with Crippen LogP contribution in [-0.2, 0) is 0 Å². The first-order valence-electron chi connectivity index (χ1n) is 3.00. The van der Waals surface area contributed by atoms with Crippen molar-refractivity contribution in [2.24, 2.45) is 10.2 Å². The van der Waals surface area contributed by atoms with E-state index < -0.39 is 6.98 Å². The fourth-order valence-electron chi connectivity index (χ4n) is 0.622. The number of anilines is 1. The molecular formula is C4H4BN5O2. The monoisotopic (exact) mass is 165 g/mol. The maximum absolute atomic E-state index is 9.99. The highest BCUT2D eigenvalue weighted by atomic mass is 16.3. The summed E-state index contributed by atoms with van der Waals surface area (Å²) in [4.78, 5) is 27.1. The van der Waals surface area contributed by atoms with Crippen molar-refractivity contribution in [2.45, 2.75) is 0 Å². The Hall–Kier alpha value is -1.86. The lowest BCUT2D eigenvalue weighted by molar-refractivity contribution is 1.20. The summed E-state index contributed by atoms with van der Waals surface area (Å²) >= 11 is 0. The molecule has 60 valence electrons. The van der Waals surface area contributed by atoms with Gasteiger partial charge in [-0.25, -0.2) is 9.97 Å². The summed E-state index contributed by atoms with van der Waals surface area (Å²) in [5, 5.41) is 4.91. The summed E-state index contributed by atoms with van der Waals surface area (Å²) in [6.07, 6.45) is 2.46. The molecule has 8 heteroatoms. The minimum atomic E-state index is -1.29. The second kappa shape index (κ2) is 3.51. The first kappa shape index (κ1) is 8.24. The van der Waals surface area contributed by atoms with Crippen LogP contribution >= 0.6 is 0 Å². The van der Waals surface area contributed by atoms with Gasteiger partial charge in [0.05, 0.1) is 0 Å². The summed E-state index contributed by atoms with van der Waals surface area (Å²) in [5.74, 6) is 0.0642. The molecule has 1 heterocycles. The average Bonchev–Trinajstić information content (AvgIpc) is 2.10. The molecule has 0 aromatic carbocycles. The van der Waals surface area contributed by atoms with Gasteiger partial charge in [0.15, 0.2) is 0 Å². The van der Waals surface area contributed by atoms with Crippen molar-refractivity contribution in [1.82, 2.24) is 9.97 Å². The predicted molar refractivity (Wildman–Crippen MR) is 43.4 cm³/mol. The van der Waals surface area contributed by atoms with Crippen LogP contribution in [0.1, 0.15) is 0 Å². The Bertz CT molecular complexity index is 280.